The molecule has 0 amide bonds. The van der Waals surface area contributed by atoms with Gasteiger partial charge in [-0.15, -0.1) is 11.3 Å². The molecule has 0 bridgehead atoms. The van der Waals surface area contributed by atoms with Crippen LogP contribution in [0.4, 0.5) is 0 Å². The van der Waals surface area contributed by atoms with Gasteiger partial charge in [0, 0.05) is 16.6 Å². The van der Waals surface area contributed by atoms with Crippen molar-refractivity contribution < 1.29 is 9.90 Å². The van der Waals surface area contributed by atoms with Crippen molar-refractivity contribution in [1.82, 2.24) is 4.98 Å². The molecule has 11 heavy (non-hydrogen) atoms. The van der Waals surface area contributed by atoms with Gasteiger partial charge in [0.15, 0.2) is 0 Å². The van der Waals surface area contributed by atoms with Gasteiger partial charge in [-0.2, -0.15) is 0 Å². The minimum Gasteiger partial charge on any atom is -0.478 e. The zero-order chi connectivity index (χ0) is 8.27. The van der Waals surface area contributed by atoms with Crippen LogP contribution in [0.1, 0.15) is 11.8 Å². The third kappa shape index (κ3) is 2.16. The maximum Gasteiger partial charge on any atom is 0.331 e. The van der Waals surface area contributed by atoms with Crippen molar-refractivity contribution in [1.29, 1.82) is 0 Å². The van der Waals surface area contributed by atoms with Crippen LogP contribution in [0.2, 0.25) is 0 Å². The quantitative estimate of drug-likeness (QED) is 0.684. The largest absolute Gasteiger partial charge is 0.478 e. The van der Waals surface area contributed by atoms with E-state index in [0.29, 0.717) is 5.57 Å². The van der Waals surface area contributed by atoms with Crippen LogP contribution in [0.5, 0.6) is 0 Å². The lowest BCUT2D eigenvalue weighted by molar-refractivity contribution is -0.132. The average Bonchev–Trinajstić information content (AvgIpc) is 2.39. The average molecular weight is 169 g/mol. The van der Waals surface area contributed by atoms with Crippen LogP contribution in [-0.4, -0.2) is 16.1 Å². The summed E-state index contributed by atoms with van der Waals surface area (Å²) >= 11 is 1.42. The van der Waals surface area contributed by atoms with Gasteiger partial charge in [-0.3, -0.25) is 4.98 Å². The van der Waals surface area contributed by atoms with Crippen LogP contribution in [0.15, 0.2) is 17.3 Å². The third-order valence-electron chi connectivity index (χ3n) is 1.15. The smallest absolute Gasteiger partial charge is 0.331 e. The Morgan fingerprint density at radius 2 is 2.55 bits per heavy atom. The van der Waals surface area contributed by atoms with Gasteiger partial charge in [-0.05, 0) is 13.0 Å². The molecule has 1 heterocycles. The summed E-state index contributed by atoms with van der Waals surface area (Å²) in [6, 6.07) is 0. The van der Waals surface area contributed by atoms with E-state index in [1.807, 2.05) is 0 Å². The number of aliphatic carboxylic acids is 1. The van der Waals surface area contributed by atoms with Gasteiger partial charge >= 0.3 is 5.97 Å². The van der Waals surface area contributed by atoms with Gasteiger partial charge in [0.05, 0.1) is 5.51 Å². The fourth-order valence-electron chi connectivity index (χ4n) is 0.572. The molecular weight excluding hydrogens is 162 g/mol. The summed E-state index contributed by atoms with van der Waals surface area (Å²) < 4.78 is 0. The predicted octanol–water partition coefficient (Wildman–Crippen LogP) is 1.63. The van der Waals surface area contributed by atoms with Crippen molar-refractivity contribution in [2.75, 3.05) is 0 Å². The summed E-state index contributed by atoms with van der Waals surface area (Å²) in [5.74, 6) is -0.890. The molecule has 0 saturated carbocycles. The molecule has 0 unspecified atom stereocenters. The highest BCUT2D eigenvalue weighted by Crippen LogP contribution is 2.10. The highest BCUT2D eigenvalue weighted by molar-refractivity contribution is 7.10. The second-order valence-electron chi connectivity index (χ2n) is 2.04. The molecule has 0 aromatic carbocycles. The van der Waals surface area contributed by atoms with E-state index in [1.165, 1.54) is 11.3 Å². The zero-order valence-electron chi connectivity index (χ0n) is 5.94. The second-order valence-corrected chi connectivity index (χ2v) is 2.95. The Hall–Kier alpha value is -1.16. The van der Waals surface area contributed by atoms with Crippen LogP contribution in [0.25, 0.3) is 6.08 Å². The number of aromatic nitrogens is 1. The summed E-state index contributed by atoms with van der Waals surface area (Å²) in [4.78, 5) is 15.0. The number of thiazole rings is 1. The highest BCUT2D eigenvalue weighted by Gasteiger charge is 1.99. The Balaban J connectivity index is 2.82. The minimum absolute atomic E-state index is 0.328. The van der Waals surface area contributed by atoms with Gasteiger partial charge in [-0.1, -0.05) is 0 Å². The van der Waals surface area contributed by atoms with Gasteiger partial charge in [-0.25, -0.2) is 4.79 Å². The first kappa shape index (κ1) is 7.94. The first-order chi connectivity index (χ1) is 5.20. The van der Waals surface area contributed by atoms with Crippen LogP contribution in [-0.2, 0) is 4.79 Å². The number of nitrogens with zero attached hydrogens (tertiary/aromatic N) is 1. The zero-order valence-corrected chi connectivity index (χ0v) is 6.76. The number of hydrogen-bond acceptors (Lipinski definition) is 3. The minimum atomic E-state index is -0.890. The lowest BCUT2D eigenvalue weighted by Gasteiger charge is -1.88. The lowest BCUT2D eigenvalue weighted by atomic mass is 10.3. The molecule has 0 atom stereocenters. The summed E-state index contributed by atoms with van der Waals surface area (Å²) in [5.41, 5.74) is 2.00. The Kier molecular flexibility index (Phi) is 2.38. The summed E-state index contributed by atoms with van der Waals surface area (Å²) in [7, 11) is 0. The van der Waals surface area contributed by atoms with Crippen molar-refractivity contribution in [3.8, 4) is 0 Å². The van der Waals surface area contributed by atoms with Crippen LogP contribution in [0.3, 0.4) is 0 Å². The molecular formula is C7H7NO2S. The standard InChI is InChI=1S/C7H7NO2S/c1-5(7(9)10)2-6-3-8-4-11-6/h2-4H,1H3,(H,9,10)/b5-2+. The molecule has 1 aromatic heterocycles. The van der Waals surface area contributed by atoms with E-state index in [9.17, 15) is 4.79 Å². The molecule has 4 heteroatoms. The Labute approximate surface area is 68.0 Å². The molecule has 0 radical (unpaired) electrons. The molecule has 58 valence electrons. The normalized spacial score (nSPS) is 11.5. The first-order valence-corrected chi connectivity index (χ1v) is 3.88. The number of hydrogen-bond donors (Lipinski definition) is 1. The second kappa shape index (κ2) is 3.30. The number of carbonyl (C=O) groups is 1. The lowest BCUT2D eigenvalue weighted by Crippen LogP contribution is -1.94. The maximum atomic E-state index is 10.3. The Bertz CT molecular complexity index is 277. The number of carboxylic acids is 1. The van der Waals surface area contributed by atoms with E-state index in [-0.39, 0.29) is 0 Å². The fourth-order valence-corrected chi connectivity index (χ4v) is 1.18. The van der Waals surface area contributed by atoms with Crippen LogP contribution < -0.4 is 0 Å². The summed E-state index contributed by atoms with van der Waals surface area (Å²) in [6.07, 6.45) is 3.23. The van der Waals surface area contributed by atoms with Crippen molar-refractivity contribution in [3.05, 3.63) is 22.2 Å². The van der Waals surface area contributed by atoms with E-state index < -0.39 is 5.97 Å². The molecule has 0 fully saturated rings. The van der Waals surface area contributed by atoms with E-state index in [4.69, 9.17) is 5.11 Å². The molecule has 0 spiro atoms. The maximum absolute atomic E-state index is 10.3. The monoisotopic (exact) mass is 169 g/mol. The topological polar surface area (TPSA) is 50.2 Å². The number of rotatable bonds is 2. The Morgan fingerprint density at radius 3 is 3.00 bits per heavy atom. The summed E-state index contributed by atoms with van der Waals surface area (Å²) in [5, 5.41) is 8.50. The molecule has 1 N–H and O–H groups in total. The Morgan fingerprint density at radius 1 is 1.82 bits per heavy atom. The fraction of sp³-hybridized carbons (Fsp3) is 0.143. The van der Waals surface area contributed by atoms with Gasteiger partial charge < -0.3 is 5.11 Å². The van der Waals surface area contributed by atoms with Crippen LogP contribution >= 0.6 is 11.3 Å². The van der Waals surface area contributed by atoms with E-state index >= 15 is 0 Å². The van der Waals surface area contributed by atoms with Crippen molar-refractivity contribution >= 4 is 23.4 Å². The number of carboxylic acid groups (broad SMARTS) is 1. The van der Waals surface area contributed by atoms with Crippen molar-refractivity contribution in [2.24, 2.45) is 0 Å². The van der Waals surface area contributed by atoms with Crippen molar-refractivity contribution in [2.45, 2.75) is 6.92 Å². The predicted molar refractivity (Wildman–Crippen MR) is 43.4 cm³/mol. The molecule has 1 aromatic rings. The van der Waals surface area contributed by atoms with Gasteiger partial charge in [0.1, 0.15) is 0 Å². The van der Waals surface area contributed by atoms with Crippen LogP contribution in [0, 0.1) is 0 Å². The first-order valence-electron chi connectivity index (χ1n) is 3.00. The van der Waals surface area contributed by atoms with E-state index in [2.05, 4.69) is 4.98 Å². The molecule has 0 aliphatic heterocycles. The molecule has 3 nitrogen and oxygen atoms in total. The van der Waals surface area contributed by atoms with Gasteiger partial charge in [0.25, 0.3) is 0 Å². The molecule has 0 saturated heterocycles. The van der Waals surface area contributed by atoms with E-state index in [1.54, 1.807) is 24.7 Å². The summed E-state index contributed by atoms with van der Waals surface area (Å²) in [6.45, 7) is 1.56. The van der Waals surface area contributed by atoms with Gasteiger partial charge in [0.2, 0.25) is 0 Å². The third-order valence-corrected chi connectivity index (χ3v) is 1.87. The van der Waals surface area contributed by atoms with E-state index in [0.717, 1.165) is 4.88 Å². The van der Waals surface area contributed by atoms with Crippen molar-refractivity contribution in [3.63, 3.8) is 0 Å². The molecule has 1 rings (SSSR count). The SMILES string of the molecule is C/C(=C\c1cncs1)C(=O)O. The molecule has 0 aliphatic carbocycles. The highest BCUT2D eigenvalue weighted by atomic mass is 32.1. The molecule has 0 aliphatic rings.